The zero-order valence-electron chi connectivity index (χ0n) is 6.93. The maximum Gasteiger partial charge on any atom is 0.231 e. The molecule has 66 valence electrons. The highest BCUT2D eigenvalue weighted by molar-refractivity contribution is 5.36. The van der Waals surface area contributed by atoms with E-state index in [2.05, 4.69) is 4.98 Å². The number of rotatable bonds is 3. The molecule has 1 atom stereocenters. The van der Waals surface area contributed by atoms with Crippen LogP contribution in [-0.2, 0) is 4.74 Å². The first kappa shape index (κ1) is 8.02. The molecule has 0 radical (unpaired) electrons. The van der Waals surface area contributed by atoms with E-state index in [-0.39, 0.29) is 6.10 Å². The maximum atomic E-state index is 8.70. The molecule has 4 nitrogen and oxygen atoms in total. The van der Waals surface area contributed by atoms with Gasteiger partial charge in [0.25, 0.3) is 0 Å². The van der Waals surface area contributed by atoms with E-state index in [4.69, 9.17) is 14.7 Å². The maximum absolute atomic E-state index is 8.70. The smallest absolute Gasteiger partial charge is 0.231 e. The van der Waals surface area contributed by atoms with Crippen molar-refractivity contribution in [2.75, 3.05) is 13.2 Å². The Labute approximate surface area is 75.7 Å². The highest BCUT2D eigenvalue weighted by Gasteiger charge is 2.23. The normalized spacial score (nSPS) is 19.2. The predicted octanol–water partition coefficient (Wildman–Crippen LogP) is 0.731. The van der Waals surface area contributed by atoms with Gasteiger partial charge in [0, 0.05) is 6.20 Å². The lowest BCUT2D eigenvalue weighted by molar-refractivity contribution is 0.254. The molecule has 0 saturated carbocycles. The SMILES string of the molecule is N#Cc1cccnc1OC[C@@H]1CO1. The molecule has 0 amide bonds. The molecule has 1 saturated heterocycles. The fraction of sp³-hybridized carbons (Fsp3) is 0.333. The van der Waals surface area contributed by atoms with Crippen molar-refractivity contribution in [3.05, 3.63) is 23.9 Å². The van der Waals surface area contributed by atoms with Crippen LogP contribution in [-0.4, -0.2) is 24.3 Å². The first-order valence-corrected chi connectivity index (χ1v) is 3.99. The summed E-state index contributed by atoms with van der Waals surface area (Å²) in [5, 5.41) is 8.70. The van der Waals surface area contributed by atoms with Crippen LogP contribution in [0.5, 0.6) is 5.88 Å². The lowest BCUT2D eigenvalue weighted by Crippen LogP contribution is -2.06. The summed E-state index contributed by atoms with van der Waals surface area (Å²) in [6.07, 6.45) is 1.79. The number of nitrogens with zero attached hydrogens (tertiary/aromatic N) is 2. The van der Waals surface area contributed by atoms with Crippen molar-refractivity contribution >= 4 is 0 Å². The highest BCUT2D eigenvalue weighted by atomic mass is 16.6. The molecule has 2 heterocycles. The molecular weight excluding hydrogens is 168 g/mol. The van der Waals surface area contributed by atoms with E-state index in [0.717, 1.165) is 6.61 Å². The van der Waals surface area contributed by atoms with E-state index in [0.29, 0.717) is 18.1 Å². The van der Waals surface area contributed by atoms with Gasteiger partial charge in [0.05, 0.1) is 6.61 Å². The van der Waals surface area contributed by atoms with Crippen LogP contribution >= 0.6 is 0 Å². The van der Waals surface area contributed by atoms with Crippen molar-refractivity contribution in [3.8, 4) is 11.9 Å². The van der Waals surface area contributed by atoms with Gasteiger partial charge in [-0.3, -0.25) is 0 Å². The second-order valence-corrected chi connectivity index (χ2v) is 2.73. The van der Waals surface area contributed by atoms with Crippen LogP contribution in [0.1, 0.15) is 5.56 Å². The van der Waals surface area contributed by atoms with Crippen LogP contribution in [0, 0.1) is 11.3 Å². The molecule has 1 fully saturated rings. The van der Waals surface area contributed by atoms with Gasteiger partial charge in [0.15, 0.2) is 0 Å². The lowest BCUT2D eigenvalue weighted by atomic mass is 10.3. The summed E-state index contributed by atoms with van der Waals surface area (Å²) >= 11 is 0. The average Bonchev–Trinajstić information content (AvgIpc) is 2.99. The van der Waals surface area contributed by atoms with Crippen molar-refractivity contribution in [2.45, 2.75) is 6.10 Å². The molecule has 1 aromatic rings. The minimum Gasteiger partial charge on any atom is -0.474 e. The molecule has 0 aliphatic carbocycles. The number of aromatic nitrogens is 1. The number of pyridine rings is 1. The first-order valence-electron chi connectivity index (χ1n) is 3.99. The fourth-order valence-electron chi connectivity index (χ4n) is 0.927. The third-order valence-electron chi connectivity index (χ3n) is 1.70. The number of hydrogen-bond donors (Lipinski definition) is 0. The highest BCUT2D eigenvalue weighted by Crippen LogP contribution is 2.15. The Hall–Kier alpha value is -1.60. The molecule has 0 bridgehead atoms. The Bertz CT molecular complexity index is 342. The molecule has 1 aliphatic heterocycles. The second-order valence-electron chi connectivity index (χ2n) is 2.73. The summed E-state index contributed by atoms with van der Waals surface area (Å²) in [5.41, 5.74) is 0.461. The minimum absolute atomic E-state index is 0.188. The minimum atomic E-state index is 0.188. The molecule has 4 heteroatoms. The Morgan fingerprint density at radius 2 is 2.62 bits per heavy atom. The summed E-state index contributed by atoms with van der Waals surface area (Å²) in [6.45, 7) is 1.22. The Morgan fingerprint density at radius 3 is 3.31 bits per heavy atom. The van der Waals surface area contributed by atoms with Crippen LogP contribution in [0.15, 0.2) is 18.3 Å². The second kappa shape index (κ2) is 3.42. The molecule has 2 rings (SSSR count). The zero-order chi connectivity index (χ0) is 9.10. The van der Waals surface area contributed by atoms with Gasteiger partial charge < -0.3 is 9.47 Å². The van der Waals surface area contributed by atoms with Gasteiger partial charge in [-0.05, 0) is 12.1 Å². The fourth-order valence-corrected chi connectivity index (χ4v) is 0.927. The summed E-state index contributed by atoms with van der Waals surface area (Å²) in [5.74, 6) is 0.389. The van der Waals surface area contributed by atoms with Crippen molar-refractivity contribution in [1.82, 2.24) is 4.98 Å². The molecule has 1 aliphatic rings. The van der Waals surface area contributed by atoms with E-state index >= 15 is 0 Å². The van der Waals surface area contributed by atoms with Gasteiger partial charge in [0.1, 0.15) is 24.3 Å². The first-order chi connectivity index (χ1) is 6.40. The topological polar surface area (TPSA) is 58.4 Å². The van der Waals surface area contributed by atoms with E-state index < -0.39 is 0 Å². The summed E-state index contributed by atoms with van der Waals surface area (Å²) in [6, 6.07) is 5.40. The quantitative estimate of drug-likeness (QED) is 0.637. The van der Waals surface area contributed by atoms with E-state index in [9.17, 15) is 0 Å². The van der Waals surface area contributed by atoms with Crippen LogP contribution in [0.4, 0.5) is 0 Å². The third-order valence-corrected chi connectivity index (χ3v) is 1.70. The summed E-state index contributed by atoms with van der Waals surface area (Å²) in [4.78, 5) is 3.95. The summed E-state index contributed by atoms with van der Waals surface area (Å²) < 4.78 is 10.3. The van der Waals surface area contributed by atoms with Gasteiger partial charge in [-0.25, -0.2) is 4.98 Å². The summed E-state index contributed by atoms with van der Waals surface area (Å²) in [7, 11) is 0. The average molecular weight is 176 g/mol. The molecule has 1 aromatic heterocycles. The Kier molecular flexibility index (Phi) is 2.11. The van der Waals surface area contributed by atoms with Gasteiger partial charge in [-0.2, -0.15) is 5.26 Å². The van der Waals surface area contributed by atoms with E-state index in [1.54, 1.807) is 18.3 Å². The monoisotopic (exact) mass is 176 g/mol. The van der Waals surface area contributed by atoms with Crippen molar-refractivity contribution < 1.29 is 9.47 Å². The zero-order valence-corrected chi connectivity index (χ0v) is 6.93. The Morgan fingerprint density at radius 1 is 1.77 bits per heavy atom. The predicted molar refractivity (Wildman–Crippen MR) is 44.2 cm³/mol. The molecule has 0 aromatic carbocycles. The van der Waals surface area contributed by atoms with E-state index in [1.165, 1.54) is 0 Å². The third kappa shape index (κ3) is 1.95. The van der Waals surface area contributed by atoms with Crippen molar-refractivity contribution in [2.24, 2.45) is 0 Å². The molecular formula is C9H8N2O2. The van der Waals surface area contributed by atoms with Gasteiger partial charge in [-0.15, -0.1) is 0 Å². The molecule has 0 N–H and O–H groups in total. The van der Waals surface area contributed by atoms with Crippen LogP contribution in [0.2, 0.25) is 0 Å². The number of epoxide rings is 1. The van der Waals surface area contributed by atoms with Gasteiger partial charge in [-0.1, -0.05) is 0 Å². The molecule has 13 heavy (non-hydrogen) atoms. The standard InChI is InChI=1S/C9H8N2O2/c10-4-7-2-1-3-11-9(7)13-6-8-5-12-8/h1-3,8H,5-6H2/t8-/m0/s1. The van der Waals surface area contributed by atoms with Crippen LogP contribution in [0.25, 0.3) is 0 Å². The van der Waals surface area contributed by atoms with Gasteiger partial charge >= 0.3 is 0 Å². The number of nitriles is 1. The lowest BCUT2D eigenvalue weighted by Gasteiger charge is -2.03. The van der Waals surface area contributed by atoms with E-state index in [1.807, 2.05) is 6.07 Å². The van der Waals surface area contributed by atoms with Crippen molar-refractivity contribution in [3.63, 3.8) is 0 Å². The van der Waals surface area contributed by atoms with Crippen molar-refractivity contribution in [1.29, 1.82) is 5.26 Å². The molecule has 0 unspecified atom stereocenters. The number of hydrogen-bond acceptors (Lipinski definition) is 4. The molecule has 0 spiro atoms. The van der Waals surface area contributed by atoms with Gasteiger partial charge in [0.2, 0.25) is 5.88 Å². The largest absolute Gasteiger partial charge is 0.474 e. The Balaban J connectivity index is 2.05. The number of ether oxygens (including phenoxy) is 2. The van der Waals surface area contributed by atoms with Crippen LogP contribution < -0.4 is 4.74 Å². The van der Waals surface area contributed by atoms with Crippen LogP contribution in [0.3, 0.4) is 0 Å².